The first-order valence-electron chi connectivity index (χ1n) is 9.30. The summed E-state index contributed by atoms with van der Waals surface area (Å²) in [4.78, 5) is 0. The summed E-state index contributed by atoms with van der Waals surface area (Å²) in [5.41, 5.74) is 0. The number of piperidine rings is 1. The maximum Gasteiger partial charge on any atom is 0.350 e. The van der Waals surface area contributed by atoms with E-state index in [1.165, 1.54) is 12.8 Å². The molecule has 2 saturated heterocycles. The van der Waals surface area contributed by atoms with Gasteiger partial charge in [0.15, 0.2) is 0 Å². The van der Waals surface area contributed by atoms with Crippen molar-refractivity contribution in [2.75, 3.05) is 39.4 Å². The van der Waals surface area contributed by atoms with Gasteiger partial charge >= 0.3 is 5.76 Å². The molecule has 6 nitrogen and oxygen atoms in total. The van der Waals surface area contributed by atoms with Crippen molar-refractivity contribution in [2.24, 2.45) is 11.8 Å². The molecule has 2 heterocycles. The molecule has 0 aromatic heterocycles. The fourth-order valence-electron chi connectivity index (χ4n) is 4.38. The van der Waals surface area contributed by atoms with Crippen LogP contribution in [-0.2, 0) is 14.8 Å². The van der Waals surface area contributed by atoms with E-state index in [-0.39, 0.29) is 13.1 Å². The zero-order valence-corrected chi connectivity index (χ0v) is 15.3. The van der Waals surface area contributed by atoms with E-state index >= 15 is 0 Å². The van der Waals surface area contributed by atoms with Crippen LogP contribution in [-0.4, -0.2) is 70.0 Å². The lowest BCUT2D eigenvalue weighted by atomic mass is 9.92. The van der Waals surface area contributed by atoms with Gasteiger partial charge in [-0.3, -0.25) is 0 Å². The highest BCUT2D eigenvalue weighted by atomic mass is 32.2. The molecule has 3 unspecified atom stereocenters. The molecule has 1 saturated carbocycles. The molecule has 9 heteroatoms. The Labute approximate surface area is 148 Å². The molecule has 0 aromatic rings. The zero-order valence-electron chi connectivity index (χ0n) is 14.5. The molecular formula is C16H29F2N3O3S. The van der Waals surface area contributed by atoms with Crippen LogP contribution in [0.4, 0.5) is 8.78 Å². The van der Waals surface area contributed by atoms with E-state index < -0.39 is 15.8 Å². The predicted octanol–water partition coefficient (Wildman–Crippen LogP) is 0.998. The minimum absolute atomic E-state index is 0.200. The number of sulfonamides is 1. The number of hydrogen-bond acceptors (Lipinski definition) is 5. The third kappa shape index (κ3) is 4.68. The first-order chi connectivity index (χ1) is 12.0. The molecule has 25 heavy (non-hydrogen) atoms. The Hall–Kier alpha value is -0.350. The second-order valence-corrected chi connectivity index (χ2v) is 9.30. The van der Waals surface area contributed by atoms with Crippen molar-refractivity contribution in [2.45, 2.75) is 49.9 Å². The molecule has 0 amide bonds. The van der Waals surface area contributed by atoms with Gasteiger partial charge in [-0.05, 0) is 44.1 Å². The van der Waals surface area contributed by atoms with Crippen LogP contribution in [0.25, 0.3) is 0 Å². The number of rotatable bonds is 6. The Morgan fingerprint density at radius 2 is 1.96 bits per heavy atom. The van der Waals surface area contributed by atoms with Crippen molar-refractivity contribution in [3.8, 4) is 0 Å². The number of nitrogens with zero attached hydrogens (tertiary/aromatic N) is 1. The zero-order chi connectivity index (χ0) is 17.9. The highest BCUT2D eigenvalue weighted by molar-refractivity contribution is 7.89. The summed E-state index contributed by atoms with van der Waals surface area (Å²) in [7, 11) is -4.42. The van der Waals surface area contributed by atoms with Gasteiger partial charge < -0.3 is 15.4 Å². The molecule has 2 N–H and O–H groups in total. The first kappa shape index (κ1) is 19.4. The smallest absolute Gasteiger partial charge is 0.350 e. The molecular weight excluding hydrogens is 352 g/mol. The van der Waals surface area contributed by atoms with E-state index in [0.29, 0.717) is 36.8 Å². The molecule has 3 rings (SSSR count). The van der Waals surface area contributed by atoms with E-state index in [4.69, 9.17) is 4.74 Å². The maximum atomic E-state index is 12.6. The number of ether oxygens (including phenoxy) is 1. The lowest BCUT2D eigenvalue weighted by Gasteiger charge is -2.35. The highest BCUT2D eigenvalue weighted by Gasteiger charge is 2.37. The fourth-order valence-corrected chi connectivity index (χ4v) is 5.33. The number of nitrogens with one attached hydrogen (secondary N) is 2. The molecule has 0 radical (unpaired) electrons. The maximum absolute atomic E-state index is 12.6. The van der Waals surface area contributed by atoms with Gasteiger partial charge in [-0.1, -0.05) is 6.42 Å². The van der Waals surface area contributed by atoms with Gasteiger partial charge in [0.2, 0.25) is 0 Å². The molecule has 0 aromatic carbocycles. The molecule has 3 aliphatic rings. The average molecular weight is 381 g/mol. The Kier molecular flexibility index (Phi) is 6.65. The summed E-state index contributed by atoms with van der Waals surface area (Å²) < 4.78 is 54.8. The van der Waals surface area contributed by atoms with Crippen LogP contribution in [0.5, 0.6) is 0 Å². The number of morpholine rings is 1. The monoisotopic (exact) mass is 381 g/mol. The first-order valence-corrected chi connectivity index (χ1v) is 10.8. The van der Waals surface area contributed by atoms with Gasteiger partial charge in [0.25, 0.3) is 10.0 Å². The van der Waals surface area contributed by atoms with E-state index in [1.807, 2.05) is 0 Å². The van der Waals surface area contributed by atoms with Crippen LogP contribution < -0.4 is 10.6 Å². The van der Waals surface area contributed by atoms with Crippen LogP contribution in [0.15, 0.2) is 0 Å². The Morgan fingerprint density at radius 1 is 1.20 bits per heavy atom. The van der Waals surface area contributed by atoms with E-state index in [1.54, 1.807) is 0 Å². The van der Waals surface area contributed by atoms with Crippen molar-refractivity contribution >= 4 is 10.0 Å². The summed E-state index contributed by atoms with van der Waals surface area (Å²) in [6, 6.07) is 0.869. The largest absolute Gasteiger partial charge is 0.379 e. The van der Waals surface area contributed by atoms with Crippen molar-refractivity contribution in [1.82, 2.24) is 14.9 Å². The quantitative estimate of drug-likeness (QED) is 0.718. The third-order valence-corrected chi connectivity index (χ3v) is 7.40. The second-order valence-electron chi connectivity index (χ2n) is 7.39. The van der Waals surface area contributed by atoms with Crippen molar-refractivity contribution in [1.29, 1.82) is 0 Å². The minimum Gasteiger partial charge on any atom is -0.379 e. The topological polar surface area (TPSA) is 70.7 Å². The Morgan fingerprint density at radius 3 is 2.60 bits per heavy atom. The Bertz CT molecular complexity index is 521. The van der Waals surface area contributed by atoms with Crippen LogP contribution in [0, 0.1) is 11.8 Å². The van der Waals surface area contributed by atoms with E-state index in [9.17, 15) is 17.2 Å². The second kappa shape index (κ2) is 8.56. The van der Waals surface area contributed by atoms with Crippen LogP contribution in [0.1, 0.15) is 32.1 Å². The molecule has 1 aliphatic carbocycles. The van der Waals surface area contributed by atoms with E-state index in [0.717, 1.165) is 37.0 Å². The molecule has 146 valence electrons. The van der Waals surface area contributed by atoms with Gasteiger partial charge in [-0.2, -0.15) is 13.1 Å². The highest BCUT2D eigenvalue weighted by Crippen LogP contribution is 2.30. The normalized spacial score (nSPS) is 33.2. The lowest BCUT2D eigenvalue weighted by molar-refractivity contribution is 0.0520. The minimum atomic E-state index is -4.42. The number of alkyl halides is 2. The number of hydrogen-bond donors (Lipinski definition) is 2. The SMILES string of the molecule is O=S(=O)(C(F)F)N1CCC(CNC2CCCC2C2COCCN2)CC1. The van der Waals surface area contributed by atoms with Crippen molar-refractivity contribution in [3.63, 3.8) is 0 Å². The molecule has 0 spiro atoms. The van der Waals surface area contributed by atoms with Crippen LogP contribution >= 0.6 is 0 Å². The molecule has 3 fully saturated rings. The van der Waals surface area contributed by atoms with Crippen LogP contribution in [0.2, 0.25) is 0 Å². The van der Waals surface area contributed by atoms with Crippen LogP contribution in [0.3, 0.4) is 0 Å². The number of halogens is 2. The third-order valence-electron chi connectivity index (χ3n) is 5.86. The van der Waals surface area contributed by atoms with Crippen molar-refractivity contribution < 1.29 is 21.9 Å². The van der Waals surface area contributed by atoms with Gasteiger partial charge in [0.1, 0.15) is 0 Å². The fraction of sp³-hybridized carbons (Fsp3) is 1.00. The summed E-state index contributed by atoms with van der Waals surface area (Å²) in [5, 5.41) is 7.22. The molecule has 3 atom stereocenters. The standard InChI is InChI=1S/C16H29F2N3O3S/c17-16(18)25(22,23)21-7-4-12(5-8-21)10-20-14-3-1-2-13(14)15-11-24-9-6-19-15/h12-16,19-20H,1-11H2. The van der Waals surface area contributed by atoms with Gasteiger partial charge in [0.05, 0.1) is 13.2 Å². The predicted molar refractivity (Wildman–Crippen MR) is 91.0 cm³/mol. The molecule has 2 aliphatic heterocycles. The van der Waals surface area contributed by atoms with Gasteiger partial charge in [0, 0.05) is 31.7 Å². The van der Waals surface area contributed by atoms with Gasteiger partial charge in [-0.15, -0.1) is 0 Å². The summed E-state index contributed by atoms with van der Waals surface area (Å²) in [6.45, 7) is 3.69. The average Bonchev–Trinajstić information content (AvgIpc) is 3.09. The molecule has 0 bridgehead atoms. The Balaban J connectivity index is 1.43. The van der Waals surface area contributed by atoms with Crippen molar-refractivity contribution in [3.05, 3.63) is 0 Å². The lowest BCUT2D eigenvalue weighted by Crippen LogP contribution is -2.51. The summed E-state index contributed by atoms with van der Waals surface area (Å²) >= 11 is 0. The summed E-state index contributed by atoms with van der Waals surface area (Å²) in [5.74, 6) is -2.40. The summed E-state index contributed by atoms with van der Waals surface area (Å²) in [6.07, 6.45) is 4.85. The van der Waals surface area contributed by atoms with Gasteiger partial charge in [-0.25, -0.2) is 8.42 Å². The van der Waals surface area contributed by atoms with E-state index in [2.05, 4.69) is 10.6 Å².